The predicted molar refractivity (Wildman–Crippen MR) is 84.0 cm³/mol. The van der Waals surface area contributed by atoms with E-state index in [9.17, 15) is 4.79 Å². The van der Waals surface area contributed by atoms with Crippen LogP contribution in [-0.2, 0) is 6.42 Å². The lowest BCUT2D eigenvalue weighted by molar-refractivity contribution is 0.0997. The van der Waals surface area contributed by atoms with Gasteiger partial charge in [0.05, 0.1) is 16.6 Å². The average molecular weight is 324 g/mol. The maximum absolute atomic E-state index is 11.4. The molecule has 0 bridgehead atoms. The Hall–Kier alpha value is -1.78. The van der Waals surface area contributed by atoms with Crippen LogP contribution in [0.25, 0.3) is 0 Å². The lowest BCUT2D eigenvalue weighted by atomic mass is 10.1. The van der Waals surface area contributed by atoms with Gasteiger partial charge < -0.3 is 10.3 Å². The number of hydrogen-bond donors (Lipinski definition) is 2. The van der Waals surface area contributed by atoms with E-state index in [1.807, 2.05) is 12.1 Å². The van der Waals surface area contributed by atoms with Crippen molar-refractivity contribution >= 4 is 29.9 Å². The summed E-state index contributed by atoms with van der Waals surface area (Å²) in [4.78, 5) is 11.4. The highest BCUT2D eigenvalue weighted by atomic mass is 35.5. The fourth-order valence-corrected chi connectivity index (χ4v) is 3.05. The number of halogens is 2. The normalized spacial score (nSPS) is 16.1. The number of hydrogen-bond acceptors (Lipinski definition) is 2. The lowest BCUT2D eigenvalue weighted by Crippen LogP contribution is -2.31. The molecular formula is C15H15Cl2N3O. The Balaban J connectivity index is 0.00000161. The summed E-state index contributed by atoms with van der Waals surface area (Å²) in [5, 5.41) is 8.60. The zero-order chi connectivity index (χ0) is 14.3. The van der Waals surface area contributed by atoms with Crippen LogP contribution in [0.4, 0.5) is 0 Å². The SMILES string of the molecule is Cl.N=c1c(C(N)=O)cc(Cl)cn1[C@@H]1CCc2ccccc21. The topological polar surface area (TPSA) is 71.9 Å². The van der Waals surface area contributed by atoms with Gasteiger partial charge >= 0.3 is 0 Å². The van der Waals surface area contributed by atoms with E-state index in [2.05, 4.69) is 12.1 Å². The summed E-state index contributed by atoms with van der Waals surface area (Å²) in [5.41, 5.74) is 8.05. The molecule has 1 heterocycles. The Morgan fingerprint density at radius 1 is 1.38 bits per heavy atom. The first kappa shape index (κ1) is 15.6. The highest BCUT2D eigenvalue weighted by molar-refractivity contribution is 6.30. The third-order valence-corrected chi connectivity index (χ3v) is 3.97. The van der Waals surface area contributed by atoms with Gasteiger partial charge in [-0.05, 0) is 30.0 Å². The van der Waals surface area contributed by atoms with Gasteiger partial charge in [-0.1, -0.05) is 35.9 Å². The number of carbonyl (C=O) groups excluding carboxylic acids is 1. The number of nitrogens with zero attached hydrogens (tertiary/aromatic N) is 1. The van der Waals surface area contributed by atoms with Crippen LogP contribution in [0.2, 0.25) is 5.02 Å². The van der Waals surface area contributed by atoms with Crippen LogP contribution in [0.15, 0.2) is 36.5 Å². The number of fused-ring (bicyclic) bond motifs is 1. The minimum Gasteiger partial charge on any atom is -0.365 e. The number of nitrogens with one attached hydrogen (secondary N) is 1. The number of amides is 1. The van der Waals surface area contributed by atoms with E-state index in [0.717, 1.165) is 12.8 Å². The first-order valence-electron chi connectivity index (χ1n) is 6.42. The zero-order valence-electron chi connectivity index (χ0n) is 11.2. The Kier molecular flexibility index (Phi) is 4.40. The van der Waals surface area contributed by atoms with Gasteiger partial charge in [0, 0.05) is 6.20 Å². The molecule has 1 atom stereocenters. The van der Waals surface area contributed by atoms with Crippen LogP contribution in [-0.4, -0.2) is 10.5 Å². The van der Waals surface area contributed by atoms with Crippen LogP contribution in [0.3, 0.4) is 0 Å². The first-order chi connectivity index (χ1) is 9.58. The summed E-state index contributed by atoms with van der Waals surface area (Å²) < 4.78 is 1.74. The van der Waals surface area contributed by atoms with Crippen molar-refractivity contribution in [3.63, 3.8) is 0 Å². The molecule has 0 unspecified atom stereocenters. The maximum Gasteiger partial charge on any atom is 0.252 e. The molecule has 0 saturated carbocycles. The van der Waals surface area contributed by atoms with Gasteiger partial charge in [-0.25, -0.2) is 0 Å². The Morgan fingerprint density at radius 2 is 2.10 bits per heavy atom. The summed E-state index contributed by atoms with van der Waals surface area (Å²) >= 11 is 6.06. The molecule has 3 rings (SSSR count). The smallest absolute Gasteiger partial charge is 0.252 e. The number of aryl methyl sites for hydroxylation is 1. The van der Waals surface area contributed by atoms with Gasteiger partial charge in [-0.2, -0.15) is 0 Å². The maximum atomic E-state index is 11.4. The van der Waals surface area contributed by atoms with Gasteiger partial charge in [0.2, 0.25) is 0 Å². The number of carbonyl (C=O) groups is 1. The minimum absolute atomic E-state index is 0. The highest BCUT2D eigenvalue weighted by Crippen LogP contribution is 2.33. The van der Waals surface area contributed by atoms with Crippen LogP contribution >= 0.6 is 24.0 Å². The summed E-state index contributed by atoms with van der Waals surface area (Å²) in [6.45, 7) is 0. The quantitative estimate of drug-likeness (QED) is 0.876. The van der Waals surface area contributed by atoms with E-state index in [-0.39, 0.29) is 29.5 Å². The number of nitrogens with two attached hydrogens (primary N) is 1. The van der Waals surface area contributed by atoms with Crippen LogP contribution in [0.1, 0.15) is 33.9 Å². The fraction of sp³-hybridized carbons (Fsp3) is 0.200. The molecule has 1 aromatic heterocycles. The Labute approximate surface area is 133 Å². The van der Waals surface area contributed by atoms with Crippen LogP contribution in [0, 0.1) is 5.41 Å². The molecule has 1 aliphatic rings. The second kappa shape index (κ2) is 5.92. The van der Waals surface area contributed by atoms with Gasteiger partial charge in [-0.15, -0.1) is 12.4 Å². The summed E-state index contributed by atoms with van der Waals surface area (Å²) in [5.74, 6) is -0.627. The molecule has 0 spiro atoms. The van der Waals surface area contributed by atoms with Gasteiger partial charge in [-0.3, -0.25) is 10.2 Å². The van der Waals surface area contributed by atoms with Crippen molar-refractivity contribution in [3.8, 4) is 0 Å². The van der Waals surface area contributed by atoms with Crippen LogP contribution in [0.5, 0.6) is 0 Å². The van der Waals surface area contributed by atoms with Crippen molar-refractivity contribution in [2.75, 3.05) is 0 Å². The molecule has 0 saturated heterocycles. The van der Waals surface area contributed by atoms with Crippen molar-refractivity contribution in [2.24, 2.45) is 5.73 Å². The molecule has 3 N–H and O–H groups in total. The average Bonchev–Trinajstić information content (AvgIpc) is 2.84. The van der Waals surface area contributed by atoms with Crippen molar-refractivity contribution in [3.05, 3.63) is 63.7 Å². The van der Waals surface area contributed by atoms with E-state index in [1.54, 1.807) is 10.8 Å². The molecule has 1 aliphatic carbocycles. The third-order valence-electron chi connectivity index (χ3n) is 3.76. The standard InChI is InChI=1S/C15H14ClN3O.ClH/c16-10-7-12(15(18)20)14(17)19(8-10)13-6-5-9-3-1-2-4-11(9)13;/h1-4,7-8,13,17H,5-6H2,(H2,18,20);1H/t13-;/m1./s1. The van der Waals surface area contributed by atoms with E-state index >= 15 is 0 Å². The van der Waals surface area contributed by atoms with Crippen molar-refractivity contribution < 1.29 is 4.79 Å². The van der Waals surface area contributed by atoms with E-state index in [4.69, 9.17) is 22.7 Å². The van der Waals surface area contributed by atoms with E-state index < -0.39 is 5.91 Å². The number of benzene rings is 1. The molecule has 1 amide bonds. The Bertz CT molecular complexity index is 755. The molecule has 4 nitrogen and oxygen atoms in total. The number of pyridine rings is 1. The van der Waals surface area contributed by atoms with Crippen molar-refractivity contribution in [1.82, 2.24) is 4.57 Å². The minimum atomic E-state index is -0.627. The Morgan fingerprint density at radius 3 is 2.81 bits per heavy atom. The molecule has 21 heavy (non-hydrogen) atoms. The van der Waals surface area contributed by atoms with Gasteiger partial charge in [0.1, 0.15) is 5.49 Å². The molecule has 0 radical (unpaired) electrons. The largest absolute Gasteiger partial charge is 0.365 e. The fourth-order valence-electron chi connectivity index (χ4n) is 2.84. The molecular weight excluding hydrogens is 309 g/mol. The zero-order valence-corrected chi connectivity index (χ0v) is 12.7. The van der Waals surface area contributed by atoms with Crippen molar-refractivity contribution in [1.29, 1.82) is 5.41 Å². The van der Waals surface area contributed by atoms with Crippen LogP contribution < -0.4 is 11.2 Å². The second-order valence-electron chi connectivity index (χ2n) is 4.95. The van der Waals surface area contributed by atoms with Crippen molar-refractivity contribution in [2.45, 2.75) is 18.9 Å². The number of primary amides is 1. The van der Waals surface area contributed by atoms with E-state index in [0.29, 0.717) is 5.02 Å². The lowest BCUT2D eigenvalue weighted by Gasteiger charge is -2.18. The molecule has 0 aliphatic heterocycles. The molecule has 6 heteroatoms. The molecule has 2 aromatic rings. The summed E-state index contributed by atoms with van der Waals surface area (Å²) in [6, 6.07) is 9.64. The molecule has 110 valence electrons. The third kappa shape index (κ3) is 2.69. The summed E-state index contributed by atoms with van der Waals surface area (Å²) in [7, 11) is 0. The monoisotopic (exact) mass is 323 g/mol. The first-order valence-corrected chi connectivity index (χ1v) is 6.79. The van der Waals surface area contributed by atoms with E-state index in [1.165, 1.54) is 17.2 Å². The predicted octanol–water partition coefficient (Wildman–Crippen LogP) is 2.68. The van der Waals surface area contributed by atoms with Gasteiger partial charge in [0.15, 0.2) is 0 Å². The highest BCUT2D eigenvalue weighted by Gasteiger charge is 2.24. The van der Waals surface area contributed by atoms with Gasteiger partial charge in [0.25, 0.3) is 5.91 Å². The molecule has 0 fully saturated rings. The molecule has 1 aromatic carbocycles. The number of aromatic nitrogens is 1. The second-order valence-corrected chi connectivity index (χ2v) is 5.38. The summed E-state index contributed by atoms with van der Waals surface area (Å²) in [6.07, 6.45) is 3.56. The number of rotatable bonds is 2.